The van der Waals surface area contributed by atoms with Crippen molar-refractivity contribution < 1.29 is 0 Å². The third kappa shape index (κ3) is 5.18. The van der Waals surface area contributed by atoms with Crippen LogP contribution in [-0.4, -0.2) is 64.1 Å². The predicted octanol–water partition coefficient (Wildman–Crippen LogP) is 2.84. The van der Waals surface area contributed by atoms with Crippen molar-refractivity contribution in [3.63, 3.8) is 0 Å². The highest BCUT2D eigenvalue weighted by molar-refractivity contribution is 5.80. The van der Waals surface area contributed by atoms with Gasteiger partial charge in [-0.2, -0.15) is 0 Å². The fourth-order valence-electron chi connectivity index (χ4n) is 4.83. The number of hydrogen-bond donors (Lipinski definition) is 1. The molecule has 0 amide bonds. The molecule has 2 atom stereocenters. The standard InChI is InChI=1S/C23H34N6/c1-2-25-23(26-12-16-27-15-11-24-19-27)29-14-10-22-21(18-29)9-6-13-28(22)17-20-7-4-3-5-8-20/h3-5,7-8,11,15,19,21-22H,2,6,9-10,12-14,16-18H2,1H3,(H,25,26). The molecule has 6 nitrogen and oxygen atoms in total. The van der Waals surface area contributed by atoms with Gasteiger partial charge in [-0.05, 0) is 44.2 Å². The van der Waals surface area contributed by atoms with Gasteiger partial charge in [0.15, 0.2) is 5.96 Å². The lowest BCUT2D eigenvalue weighted by Gasteiger charge is -2.48. The Kier molecular flexibility index (Phi) is 6.83. The summed E-state index contributed by atoms with van der Waals surface area (Å²) in [4.78, 5) is 14.2. The maximum atomic E-state index is 4.91. The number of fused-ring (bicyclic) bond motifs is 1. The van der Waals surface area contributed by atoms with E-state index in [4.69, 9.17) is 4.99 Å². The maximum absolute atomic E-state index is 4.91. The van der Waals surface area contributed by atoms with E-state index < -0.39 is 0 Å². The third-order valence-corrected chi connectivity index (χ3v) is 6.22. The Balaban J connectivity index is 1.37. The first kappa shape index (κ1) is 20.0. The second-order valence-electron chi connectivity index (χ2n) is 8.20. The average molecular weight is 395 g/mol. The Labute approximate surface area is 174 Å². The number of nitrogens with zero attached hydrogens (tertiary/aromatic N) is 5. The predicted molar refractivity (Wildman–Crippen MR) is 118 cm³/mol. The zero-order valence-corrected chi connectivity index (χ0v) is 17.6. The molecule has 4 rings (SSSR count). The van der Waals surface area contributed by atoms with Crippen LogP contribution >= 0.6 is 0 Å². The van der Waals surface area contributed by atoms with Crippen LogP contribution in [0.4, 0.5) is 0 Å². The average Bonchev–Trinajstić information content (AvgIpc) is 3.27. The van der Waals surface area contributed by atoms with E-state index in [1.165, 1.54) is 31.4 Å². The first-order chi connectivity index (χ1) is 14.3. The Bertz CT molecular complexity index is 757. The number of guanidine groups is 1. The highest BCUT2D eigenvalue weighted by Gasteiger charge is 2.36. The van der Waals surface area contributed by atoms with E-state index in [9.17, 15) is 0 Å². The maximum Gasteiger partial charge on any atom is 0.193 e. The van der Waals surface area contributed by atoms with Crippen LogP contribution in [0.3, 0.4) is 0 Å². The van der Waals surface area contributed by atoms with Gasteiger partial charge in [-0.1, -0.05) is 30.3 Å². The van der Waals surface area contributed by atoms with Crippen molar-refractivity contribution in [1.29, 1.82) is 0 Å². The van der Waals surface area contributed by atoms with Crippen LogP contribution in [0.1, 0.15) is 31.7 Å². The van der Waals surface area contributed by atoms with Gasteiger partial charge in [-0.25, -0.2) is 4.98 Å². The SMILES string of the molecule is CCNC(=NCCn1ccnc1)N1CCC2C(CCCN2Cc2ccccc2)C1. The van der Waals surface area contributed by atoms with Gasteiger partial charge >= 0.3 is 0 Å². The molecule has 1 aromatic carbocycles. The third-order valence-electron chi connectivity index (χ3n) is 6.22. The lowest BCUT2D eigenvalue weighted by molar-refractivity contribution is 0.0372. The molecule has 2 aliphatic rings. The lowest BCUT2D eigenvalue weighted by atomic mass is 9.83. The Hall–Kier alpha value is -2.34. The number of aromatic nitrogens is 2. The van der Waals surface area contributed by atoms with Gasteiger partial charge in [-0.3, -0.25) is 9.89 Å². The van der Waals surface area contributed by atoms with Crippen molar-refractivity contribution in [1.82, 2.24) is 24.7 Å². The number of imidazole rings is 1. The number of nitrogens with one attached hydrogen (secondary N) is 1. The van der Waals surface area contributed by atoms with E-state index in [-0.39, 0.29) is 0 Å². The van der Waals surface area contributed by atoms with Crippen LogP contribution in [0.2, 0.25) is 0 Å². The van der Waals surface area contributed by atoms with Gasteiger partial charge in [-0.15, -0.1) is 0 Å². The van der Waals surface area contributed by atoms with Crippen molar-refractivity contribution in [2.24, 2.45) is 10.9 Å². The van der Waals surface area contributed by atoms with E-state index in [1.54, 1.807) is 0 Å². The minimum absolute atomic E-state index is 0.703. The minimum atomic E-state index is 0.703. The van der Waals surface area contributed by atoms with Crippen molar-refractivity contribution >= 4 is 5.96 Å². The number of piperidine rings is 2. The molecule has 6 heteroatoms. The quantitative estimate of drug-likeness (QED) is 0.605. The molecule has 3 heterocycles. The number of aliphatic imine (C=N–C) groups is 1. The number of benzene rings is 1. The summed E-state index contributed by atoms with van der Waals surface area (Å²) >= 11 is 0. The first-order valence-electron chi connectivity index (χ1n) is 11.1. The molecule has 2 unspecified atom stereocenters. The number of hydrogen-bond acceptors (Lipinski definition) is 3. The van der Waals surface area contributed by atoms with Crippen LogP contribution in [0.5, 0.6) is 0 Å². The first-order valence-corrected chi connectivity index (χ1v) is 11.1. The van der Waals surface area contributed by atoms with Crippen LogP contribution in [0.25, 0.3) is 0 Å². The summed E-state index contributed by atoms with van der Waals surface area (Å²) in [5.74, 6) is 1.81. The highest BCUT2D eigenvalue weighted by Crippen LogP contribution is 2.31. The molecule has 2 aliphatic heterocycles. The fraction of sp³-hybridized carbons (Fsp3) is 0.565. The zero-order chi connectivity index (χ0) is 19.9. The van der Waals surface area contributed by atoms with Crippen LogP contribution < -0.4 is 5.32 Å². The van der Waals surface area contributed by atoms with Gasteiger partial charge in [0.2, 0.25) is 0 Å². The van der Waals surface area contributed by atoms with E-state index in [1.807, 2.05) is 18.7 Å². The molecule has 156 valence electrons. The molecular formula is C23H34N6. The molecule has 2 aromatic rings. The summed E-state index contributed by atoms with van der Waals surface area (Å²) in [6.07, 6.45) is 9.54. The molecule has 0 radical (unpaired) electrons. The van der Waals surface area contributed by atoms with Crippen LogP contribution in [0.15, 0.2) is 54.0 Å². The Morgan fingerprint density at radius 3 is 2.90 bits per heavy atom. The molecule has 29 heavy (non-hydrogen) atoms. The topological polar surface area (TPSA) is 48.7 Å². The molecule has 0 aliphatic carbocycles. The molecule has 1 N–H and O–H groups in total. The largest absolute Gasteiger partial charge is 0.357 e. The van der Waals surface area contributed by atoms with Crippen molar-refractivity contribution in [3.8, 4) is 0 Å². The molecular weight excluding hydrogens is 360 g/mol. The van der Waals surface area contributed by atoms with Crippen LogP contribution in [0, 0.1) is 5.92 Å². The molecule has 2 saturated heterocycles. The number of likely N-dealkylation sites (tertiary alicyclic amines) is 2. The summed E-state index contributed by atoms with van der Waals surface area (Å²) in [5.41, 5.74) is 1.44. The fourth-order valence-corrected chi connectivity index (χ4v) is 4.83. The van der Waals surface area contributed by atoms with Gasteiger partial charge < -0.3 is 14.8 Å². The minimum Gasteiger partial charge on any atom is -0.357 e. The number of rotatable bonds is 6. The van der Waals surface area contributed by atoms with Crippen molar-refractivity contribution in [2.45, 2.75) is 45.3 Å². The second kappa shape index (κ2) is 9.92. The van der Waals surface area contributed by atoms with Gasteiger partial charge in [0, 0.05) is 51.2 Å². The van der Waals surface area contributed by atoms with E-state index >= 15 is 0 Å². The summed E-state index contributed by atoms with van der Waals surface area (Å²) in [7, 11) is 0. The second-order valence-corrected chi connectivity index (χ2v) is 8.20. The summed E-state index contributed by atoms with van der Waals surface area (Å²) in [6.45, 7) is 9.24. The zero-order valence-electron chi connectivity index (χ0n) is 17.6. The van der Waals surface area contributed by atoms with E-state index in [0.717, 1.165) is 51.1 Å². The highest BCUT2D eigenvalue weighted by atomic mass is 15.3. The van der Waals surface area contributed by atoms with E-state index in [2.05, 4.69) is 61.9 Å². The van der Waals surface area contributed by atoms with Crippen molar-refractivity contribution in [3.05, 3.63) is 54.6 Å². The monoisotopic (exact) mass is 394 g/mol. The molecule has 0 saturated carbocycles. The molecule has 0 spiro atoms. The summed E-state index contributed by atoms with van der Waals surface area (Å²) in [6, 6.07) is 11.6. The summed E-state index contributed by atoms with van der Waals surface area (Å²) in [5, 5.41) is 3.52. The summed E-state index contributed by atoms with van der Waals surface area (Å²) < 4.78 is 2.09. The molecule has 0 bridgehead atoms. The van der Waals surface area contributed by atoms with Crippen molar-refractivity contribution in [2.75, 3.05) is 32.7 Å². The molecule has 2 fully saturated rings. The molecule has 1 aromatic heterocycles. The normalized spacial score (nSPS) is 23.1. The Morgan fingerprint density at radius 2 is 2.10 bits per heavy atom. The van der Waals surface area contributed by atoms with Crippen LogP contribution in [-0.2, 0) is 13.1 Å². The van der Waals surface area contributed by atoms with E-state index in [0.29, 0.717) is 6.04 Å². The smallest absolute Gasteiger partial charge is 0.193 e. The Morgan fingerprint density at radius 1 is 1.21 bits per heavy atom. The van der Waals surface area contributed by atoms with Gasteiger partial charge in [0.05, 0.1) is 12.9 Å². The van der Waals surface area contributed by atoms with Gasteiger partial charge in [0.25, 0.3) is 0 Å². The lowest BCUT2D eigenvalue weighted by Crippen LogP contribution is -2.56. The van der Waals surface area contributed by atoms with Gasteiger partial charge in [0.1, 0.15) is 0 Å².